The van der Waals surface area contributed by atoms with E-state index >= 15 is 0 Å². The van der Waals surface area contributed by atoms with E-state index < -0.39 is 0 Å². The van der Waals surface area contributed by atoms with Crippen LogP contribution >= 0.6 is 0 Å². The highest BCUT2D eigenvalue weighted by molar-refractivity contribution is 5.94. The Labute approximate surface area is 106 Å². The van der Waals surface area contributed by atoms with Crippen molar-refractivity contribution >= 4 is 5.91 Å². The van der Waals surface area contributed by atoms with Crippen LogP contribution in [0.2, 0.25) is 0 Å². The molecule has 2 rings (SSSR count). The maximum Gasteiger partial charge on any atom is 0.251 e. The summed E-state index contributed by atoms with van der Waals surface area (Å²) in [6.45, 7) is 3.99. The number of carbonyl (C=O) groups is 1. The summed E-state index contributed by atoms with van der Waals surface area (Å²) in [4.78, 5) is 19.1. The molecule has 0 aliphatic rings. The normalized spacial score (nSPS) is 12.1. The third-order valence-electron chi connectivity index (χ3n) is 2.90. The highest BCUT2D eigenvalue weighted by Gasteiger charge is 2.12. The topological polar surface area (TPSA) is 57.8 Å². The number of imidazole rings is 1. The highest BCUT2D eigenvalue weighted by Crippen LogP contribution is 2.09. The number of nitrogens with one attached hydrogen (secondary N) is 2. The summed E-state index contributed by atoms with van der Waals surface area (Å²) < 4.78 is 0. The minimum absolute atomic E-state index is 0.0819. The molecule has 4 heteroatoms. The van der Waals surface area contributed by atoms with Crippen LogP contribution in [-0.2, 0) is 6.42 Å². The van der Waals surface area contributed by atoms with Crippen LogP contribution in [0.5, 0.6) is 0 Å². The smallest absolute Gasteiger partial charge is 0.251 e. The molecule has 0 radical (unpaired) electrons. The Hall–Kier alpha value is -2.10. The Balaban J connectivity index is 2.03. The molecule has 1 unspecified atom stereocenters. The molecular formula is C14H17N3O. The fourth-order valence-electron chi connectivity index (χ4n) is 1.75. The van der Waals surface area contributed by atoms with E-state index in [1.165, 1.54) is 5.56 Å². The summed E-state index contributed by atoms with van der Waals surface area (Å²) in [5.74, 6) is 0.676. The molecule has 0 fully saturated rings. The Morgan fingerprint density at radius 3 is 2.67 bits per heavy atom. The van der Waals surface area contributed by atoms with Crippen molar-refractivity contribution in [2.24, 2.45) is 0 Å². The summed E-state index contributed by atoms with van der Waals surface area (Å²) in [5, 5.41) is 2.90. The minimum atomic E-state index is -0.127. The number of carbonyl (C=O) groups excluding carboxylic acids is 1. The maximum absolute atomic E-state index is 12.0. The molecule has 1 atom stereocenters. The van der Waals surface area contributed by atoms with Gasteiger partial charge in [0.25, 0.3) is 5.91 Å². The molecule has 1 heterocycles. The van der Waals surface area contributed by atoms with Crippen molar-refractivity contribution in [1.29, 1.82) is 0 Å². The number of aromatic amines is 1. The lowest BCUT2D eigenvalue weighted by Gasteiger charge is -2.11. The first-order valence-corrected chi connectivity index (χ1v) is 6.09. The van der Waals surface area contributed by atoms with E-state index in [4.69, 9.17) is 0 Å². The second-order valence-electron chi connectivity index (χ2n) is 4.22. The largest absolute Gasteiger partial charge is 0.347 e. The van der Waals surface area contributed by atoms with E-state index in [9.17, 15) is 4.79 Å². The van der Waals surface area contributed by atoms with Crippen LogP contribution in [0.1, 0.15) is 41.6 Å². The van der Waals surface area contributed by atoms with Crippen molar-refractivity contribution in [3.63, 3.8) is 0 Å². The molecular weight excluding hydrogens is 226 g/mol. The molecule has 0 bridgehead atoms. The molecule has 1 aromatic carbocycles. The Morgan fingerprint density at radius 1 is 1.39 bits per heavy atom. The summed E-state index contributed by atoms with van der Waals surface area (Å²) in [6.07, 6.45) is 4.40. The fraction of sp³-hybridized carbons (Fsp3) is 0.286. The molecule has 1 aromatic heterocycles. The predicted octanol–water partition coefficient (Wildman–Crippen LogP) is 2.46. The third-order valence-corrected chi connectivity index (χ3v) is 2.90. The summed E-state index contributed by atoms with van der Waals surface area (Å²) >= 11 is 0. The minimum Gasteiger partial charge on any atom is -0.347 e. The lowest BCUT2D eigenvalue weighted by Crippen LogP contribution is -2.27. The number of rotatable bonds is 4. The van der Waals surface area contributed by atoms with Gasteiger partial charge in [-0.1, -0.05) is 19.1 Å². The van der Waals surface area contributed by atoms with Gasteiger partial charge >= 0.3 is 0 Å². The molecule has 0 saturated carbocycles. The highest BCUT2D eigenvalue weighted by atomic mass is 16.1. The van der Waals surface area contributed by atoms with Crippen molar-refractivity contribution < 1.29 is 4.79 Å². The van der Waals surface area contributed by atoms with Crippen LogP contribution < -0.4 is 5.32 Å². The number of nitrogens with zero attached hydrogens (tertiary/aromatic N) is 1. The van der Waals surface area contributed by atoms with Gasteiger partial charge in [0.1, 0.15) is 5.82 Å². The van der Waals surface area contributed by atoms with E-state index in [0.29, 0.717) is 5.56 Å². The standard InChI is InChI=1S/C14H17N3O/c1-3-11-4-6-12(7-5-11)14(18)17-10(2)13-15-8-9-16-13/h4-10H,3H2,1-2H3,(H,15,16)(H,17,18). The molecule has 2 aromatic rings. The van der Waals surface area contributed by atoms with Crippen molar-refractivity contribution in [3.05, 3.63) is 53.6 Å². The average molecular weight is 243 g/mol. The third kappa shape index (κ3) is 2.77. The molecule has 2 N–H and O–H groups in total. The van der Waals surface area contributed by atoms with Gasteiger partial charge in [-0.3, -0.25) is 4.79 Å². The van der Waals surface area contributed by atoms with Gasteiger partial charge in [-0.05, 0) is 31.0 Å². The van der Waals surface area contributed by atoms with E-state index in [1.807, 2.05) is 31.2 Å². The van der Waals surface area contributed by atoms with E-state index in [2.05, 4.69) is 22.2 Å². The molecule has 0 aliphatic heterocycles. The number of hydrogen-bond acceptors (Lipinski definition) is 2. The van der Waals surface area contributed by atoms with Gasteiger partial charge in [0.05, 0.1) is 6.04 Å². The van der Waals surface area contributed by atoms with Crippen molar-refractivity contribution in [2.75, 3.05) is 0 Å². The number of hydrogen-bond donors (Lipinski definition) is 2. The fourth-order valence-corrected chi connectivity index (χ4v) is 1.75. The zero-order valence-corrected chi connectivity index (χ0v) is 10.6. The van der Waals surface area contributed by atoms with Crippen LogP contribution in [0.3, 0.4) is 0 Å². The van der Waals surface area contributed by atoms with Crippen LogP contribution in [0.15, 0.2) is 36.7 Å². The molecule has 4 nitrogen and oxygen atoms in total. The van der Waals surface area contributed by atoms with Crippen molar-refractivity contribution in [2.45, 2.75) is 26.3 Å². The van der Waals surface area contributed by atoms with E-state index in [0.717, 1.165) is 12.2 Å². The molecule has 0 saturated heterocycles. The quantitative estimate of drug-likeness (QED) is 0.866. The molecule has 1 amide bonds. The Bertz CT molecular complexity index is 502. The number of H-pyrrole nitrogens is 1. The van der Waals surface area contributed by atoms with Crippen LogP contribution in [0.4, 0.5) is 0 Å². The predicted molar refractivity (Wildman–Crippen MR) is 70.3 cm³/mol. The number of aryl methyl sites for hydroxylation is 1. The van der Waals surface area contributed by atoms with Gasteiger partial charge in [-0.2, -0.15) is 0 Å². The van der Waals surface area contributed by atoms with Crippen LogP contribution in [-0.4, -0.2) is 15.9 Å². The van der Waals surface area contributed by atoms with Crippen molar-refractivity contribution in [1.82, 2.24) is 15.3 Å². The first-order valence-electron chi connectivity index (χ1n) is 6.09. The zero-order chi connectivity index (χ0) is 13.0. The summed E-state index contributed by atoms with van der Waals surface area (Å²) in [5.41, 5.74) is 1.90. The van der Waals surface area contributed by atoms with Gasteiger partial charge < -0.3 is 10.3 Å². The second-order valence-corrected chi connectivity index (χ2v) is 4.22. The SMILES string of the molecule is CCc1ccc(C(=O)NC(C)c2ncc[nH]2)cc1. The van der Waals surface area contributed by atoms with Crippen molar-refractivity contribution in [3.8, 4) is 0 Å². The lowest BCUT2D eigenvalue weighted by molar-refractivity contribution is 0.0938. The average Bonchev–Trinajstić information content (AvgIpc) is 2.92. The summed E-state index contributed by atoms with van der Waals surface area (Å²) in [6, 6.07) is 7.53. The number of amides is 1. The number of aromatic nitrogens is 2. The lowest BCUT2D eigenvalue weighted by atomic mass is 10.1. The molecule has 0 aliphatic carbocycles. The first kappa shape index (κ1) is 12.4. The first-order chi connectivity index (χ1) is 8.70. The second kappa shape index (κ2) is 5.49. The number of benzene rings is 1. The summed E-state index contributed by atoms with van der Waals surface area (Å²) in [7, 11) is 0. The zero-order valence-electron chi connectivity index (χ0n) is 10.6. The van der Waals surface area contributed by atoms with Gasteiger partial charge in [-0.25, -0.2) is 4.98 Å². The molecule has 94 valence electrons. The van der Waals surface area contributed by atoms with E-state index in [1.54, 1.807) is 12.4 Å². The Morgan fingerprint density at radius 2 is 2.11 bits per heavy atom. The monoisotopic (exact) mass is 243 g/mol. The van der Waals surface area contributed by atoms with Gasteiger partial charge in [0.15, 0.2) is 0 Å². The Kier molecular flexibility index (Phi) is 3.77. The van der Waals surface area contributed by atoms with Gasteiger partial charge in [-0.15, -0.1) is 0 Å². The van der Waals surface area contributed by atoms with Gasteiger partial charge in [0.2, 0.25) is 0 Å². The van der Waals surface area contributed by atoms with Crippen LogP contribution in [0, 0.1) is 0 Å². The molecule has 0 spiro atoms. The molecule has 18 heavy (non-hydrogen) atoms. The van der Waals surface area contributed by atoms with Crippen LogP contribution in [0.25, 0.3) is 0 Å². The van der Waals surface area contributed by atoms with Gasteiger partial charge in [0, 0.05) is 18.0 Å². The van der Waals surface area contributed by atoms with E-state index in [-0.39, 0.29) is 11.9 Å². The maximum atomic E-state index is 12.0.